The number of rotatable bonds is 5. The molecule has 8 nitrogen and oxygen atoms in total. The van der Waals surface area contributed by atoms with Crippen molar-refractivity contribution in [2.45, 2.75) is 25.5 Å². The van der Waals surface area contributed by atoms with Gasteiger partial charge in [0, 0.05) is 33.2 Å². The van der Waals surface area contributed by atoms with Gasteiger partial charge in [0.1, 0.15) is 0 Å². The van der Waals surface area contributed by atoms with E-state index < -0.39 is 12.1 Å². The Morgan fingerprint density at radius 2 is 2.16 bits per heavy atom. The predicted octanol–water partition coefficient (Wildman–Crippen LogP) is -0.994. The molecular weight excluding hydrogens is 254 g/mol. The van der Waals surface area contributed by atoms with Crippen LogP contribution in [0.15, 0.2) is 0 Å². The van der Waals surface area contributed by atoms with E-state index in [0.29, 0.717) is 19.5 Å². The zero-order chi connectivity index (χ0) is 14.4. The topological polar surface area (TPSA) is 108 Å². The SMILES string of the molecule is COC(CNC(=O)N1CCC(NC(C)=O)C1)C(=O)O. The van der Waals surface area contributed by atoms with Crippen LogP contribution in [0.2, 0.25) is 0 Å². The van der Waals surface area contributed by atoms with Crippen LogP contribution in [0.4, 0.5) is 4.79 Å². The maximum absolute atomic E-state index is 11.8. The van der Waals surface area contributed by atoms with E-state index in [0.717, 1.165) is 0 Å². The fourth-order valence-electron chi connectivity index (χ4n) is 1.91. The zero-order valence-electron chi connectivity index (χ0n) is 11.0. The van der Waals surface area contributed by atoms with Gasteiger partial charge in [0.25, 0.3) is 0 Å². The van der Waals surface area contributed by atoms with Crippen LogP contribution in [-0.4, -0.2) is 66.8 Å². The van der Waals surface area contributed by atoms with Crippen molar-refractivity contribution in [2.24, 2.45) is 0 Å². The average molecular weight is 273 g/mol. The van der Waals surface area contributed by atoms with Crippen LogP contribution in [0, 0.1) is 0 Å². The molecule has 3 N–H and O–H groups in total. The fraction of sp³-hybridized carbons (Fsp3) is 0.727. The third-order valence-electron chi connectivity index (χ3n) is 2.88. The van der Waals surface area contributed by atoms with Crippen molar-refractivity contribution in [2.75, 3.05) is 26.7 Å². The van der Waals surface area contributed by atoms with Gasteiger partial charge >= 0.3 is 12.0 Å². The summed E-state index contributed by atoms with van der Waals surface area (Å²) in [4.78, 5) is 34.9. The molecular formula is C11H19N3O5. The molecule has 1 rings (SSSR count). The molecule has 0 bridgehead atoms. The minimum Gasteiger partial charge on any atom is -0.479 e. The smallest absolute Gasteiger partial charge is 0.334 e. The molecule has 19 heavy (non-hydrogen) atoms. The highest BCUT2D eigenvalue weighted by molar-refractivity contribution is 5.77. The van der Waals surface area contributed by atoms with Gasteiger partial charge in [0.15, 0.2) is 6.10 Å². The number of amides is 3. The van der Waals surface area contributed by atoms with Gasteiger partial charge in [-0.05, 0) is 6.42 Å². The highest BCUT2D eigenvalue weighted by Gasteiger charge is 2.27. The first-order valence-electron chi connectivity index (χ1n) is 5.99. The molecule has 1 fully saturated rings. The van der Waals surface area contributed by atoms with Gasteiger partial charge in [-0.25, -0.2) is 9.59 Å². The molecule has 0 aromatic heterocycles. The number of carbonyl (C=O) groups excluding carboxylic acids is 2. The molecule has 0 spiro atoms. The van der Waals surface area contributed by atoms with E-state index in [4.69, 9.17) is 9.84 Å². The maximum atomic E-state index is 11.8. The van der Waals surface area contributed by atoms with Crippen molar-refractivity contribution in [3.63, 3.8) is 0 Å². The molecule has 1 aliphatic heterocycles. The first-order valence-corrected chi connectivity index (χ1v) is 5.99. The van der Waals surface area contributed by atoms with E-state index in [1.807, 2.05) is 0 Å². The third-order valence-corrected chi connectivity index (χ3v) is 2.88. The van der Waals surface area contributed by atoms with Crippen molar-refractivity contribution in [1.82, 2.24) is 15.5 Å². The second-order valence-electron chi connectivity index (χ2n) is 4.38. The molecule has 3 amide bonds. The highest BCUT2D eigenvalue weighted by Crippen LogP contribution is 2.09. The molecule has 1 saturated heterocycles. The Bertz CT molecular complexity index is 360. The van der Waals surface area contributed by atoms with Crippen LogP contribution in [0.3, 0.4) is 0 Å². The molecule has 1 heterocycles. The standard InChI is InChI=1S/C11H19N3O5/c1-7(15)13-8-3-4-14(6-8)11(18)12-5-9(19-2)10(16)17/h8-9H,3-6H2,1-2H3,(H,12,18)(H,13,15)(H,16,17). The zero-order valence-corrected chi connectivity index (χ0v) is 11.0. The minimum atomic E-state index is -1.12. The average Bonchev–Trinajstić information content (AvgIpc) is 2.76. The molecule has 0 saturated carbocycles. The number of aliphatic carboxylic acids is 1. The normalized spacial score (nSPS) is 19.9. The second kappa shape index (κ2) is 6.93. The molecule has 0 aromatic rings. The first-order chi connectivity index (χ1) is 8.93. The number of ether oxygens (including phenoxy) is 1. The van der Waals surface area contributed by atoms with E-state index in [1.54, 1.807) is 0 Å². The maximum Gasteiger partial charge on any atom is 0.334 e. The molecule has 2 atom stereocenters. The molecule has 108 valence electrons. The molecule has 0 radical (unpaired) electrons. The molecule has 0 aliphatic carbocycles. The summed E-state index contributed by atoms with van der Waals surface area (Å²) in [6.07, 6.45) is -0.364. The number of carboxylic acid groups (broad SMARTS) is 1. The van der Waals surface area contributed by atoms with Gasteiger partial charge in [0.2, 0.25) is 5.91 Å². The van der Waals surface area contributed by atoms with Crippen molar-refractivity contribution >= 4 is 17.9 Å². The lowest BCUT2D eigenvalue weighted by molar-refractivity contribution is -0.148. The lowest BCUT2D eigenvalue weighted by atomic mass is 10.3. The Labute approximate surface area is 111 Å². The largest absolute Gasteiger partial charge is 0.479 e. The van der Waals surface area contributed by atoms with Gasteiger partial charge in [0.05, 0.1) is 6.54 Å². The van der Waals surface area contributed by atoms with Gasteiger partial charge in [-0.3, -0.25) is 4.79 Å². The number of hydrogen-bond acceptors (Lipinski definition) is 4. The van der Waals surface area contributed by atoms with Crippen LogP contribution in [-0.2, 0) is 14.3 Å². The van der Waals surface area contributed by atoms with Gasteiger partial charge in [-0.2, -0.15) is 0 Å². The number of hydrogen-bond donors (Lipinski definition) is 3. The number of urea groups is 1. The highest BCUT2D eigenvalue weighted by atomic mass is 16.5. The Morgan fingerprint density at radius 3 is 2.68 bits per heavy atom. The summed E-state index contributed by atoms with van der Waals surface area (Å²) in [5.41, 5.74) is 0. The minimum absolute atomic E-state index is 0.0408. The van der Waals surface area contributed by atoms with Crippen LogP contribution >= 0.6 is 0 Å². The van der Waals surface area contributed by atoms with Gasteiger partial charge in [-0.1, -0.05) is 0 Å². The molecule has 0 aromatic carbocycles. The Balaban J connectivity index is 2.35. The summed E-state index contributed by atoms with van der Waals surface area (Å²) in [5, 5.41) is 14.0. The summed E-state index contributed by atoms with van der Waals surface area (Å²) >= 11 is 0. The van der Waals surface area contributed by atoms with Gasteiger partial charge in [-0.15, -0.1) is 0 Å². The number of nitrogens with one attached hydrogen (secondary N) is 2. The lowest BCUT2D eigenvalue weighted by Crippen LogP contribution is -2.45. The van der Waals surface area contributed by atoms with Crippen LogP contribution in [0.1, 0.15) is 13.3 Å². The summed E-state index contributed by atoms with van der Waals surface area (Å²) in [5.74, 6) is -1.25. The molecule has 1 aliphatic rings. The quantitative estimate of drug-likeness (QED) is 0.596. The van der Waals surface area contributed by atoms with Crippen molar-refractivity contribution in [3.8, 4) is 0 Å². The van der Waals surface area contributed by atoms with Crippen LogP contribution in [0.5, 0.6) is 0 Å². The summed E-state index contributed by atoms with van der Waals surface area (Å²) < 4.78 is 4.71. The number of carboxylic acids is 1. The number of nitrogens with zero attached hydrogens (tertiary/aromatic N) is 1. The number of likely N-dealkylation sites (tertiary alicyclic amines) is 1. The third kappa shape index (κ3) is 4.74. The van der Waals surface area contributed by atoms with Gasteiger partial charge < -0.3 is 25.4 Å². The van der Waals surface area contributed by atoms with Crippen molar-refractivity contribution in [3.05, 3.63) is 0 Å². The first kappa shape index (κ1) is 15.2. The fourth-order valence-corrected chi connectivity index (χ4v) is 1.91. The number of methoxy groups -OCH3 is 1. The van der Waals surface area contributed by atoms with Crippen molar-refractivity contribution in [1.29, 1.82) is 0 Å². The Kier molecular flexibility index (Phi) is 5.56. The molecule has 2 unspecified atom stereocenters. The molecule has 8 heteroatoms. The van der Waals surface area contributed by atoms with E-state index in [-0.39, 0.29) is 24.5 Å². The lowest BCUT2D eigenvalue weighted by Gasteiger charge is -2.19. The summed E-state index contributed by atoms with van der Waals surface area (Å²) in [6.45, 7) is 2.29. The van der Waals surface area contributed by atoms with E-state index in [9.17, 15) is 14.4 Å². The van der Waals surface area contributed by atoms with E-state index in [1.165, 1.54) is 18.9 Å². The Morgan fingerprint density at radius 1 is 1.47 bits per heavy atom. The van der Waals surface area contributed by atoms with E-state index in [2.05, 4.69) is 10.6 Å². The van der Waals surface area contributed by atoms with Crippen molar-refractivity contribution < 1.29 is 24.2 Å². The van der Waals surface area contributed by atoms with Crippen LogP contribution < -0.4 is 10.6 Å². The summed E-state index contributed by atoms with van der Waals surface area (Å²) in [7, 11) is 1.27. The predicted molar refractivity (Wildman–Crippen MR) is 65.6 cm³/mol. The number of carbonyl (C=O) groups is 3. The Hall–Kier alpha value is -1.83. The van der Waals surface area contributed by atoms with Crippen LogP contribution in [0.25, 0.3) is 0 Å². The monoisotopic (exact) mass is 273 g/mol. The van der Waals surface area contributed by atoms with E-state index >= 15 is 0 Å². The summed E-state index contributed by atoms with van der Waals surface area (Å²) in [6, 6.07) is -0.392. The second-order valence-corrected chi connectivity index (χ2v) is 4.38.